The smallest absolute Gasteiger partial charge is 0.123 e. The van der Waals surface area contributed by atoms with Crippen LogP contribution in [0.25, 0.3) is 0 Å². The van der Waals surface area contributed by atoms with Gasteiger partial charge in [-0.25, -0.2) is 0 Å². The normalized spacial score (nSPS) is 18.5. The van der Waals surface area contributed by atoms with E-state index in [1.165, 1.54) is 16.7 Å². The summed E-state index contributed by atoms with van der Waals surface area (Å²) in [5.74, 6) is 1.01. The van der Waals surface area contributed by atoms with E-state index < -0.39 is 0 Å². The van der Waals surface area contributed by atoms with Crippen molar-refractivity contribution in [3.63, 3.8) is 0 Å². The molecule has 1 aromatic rings. The van der Waals surface area contributed by atoms with Gasteiger partial charge in [0.25, 0.3) is 0 Å². The minimum Gasteiger partial charge on any atom is -0.496 e. The minimum absolute atomic E-state index is 0.431. The summed E-state index contributed by atoms with van der Waals surface area (Å²) in [6.45, 7) is 7.42. The van der Waals surface area contributed by atoms with Crippen molar-refractivity contribution in [3.05, 3.63) is 28.8 Å². The summed E-state index contributed by atoms with van der Waals surface area (Å²) in [7, 11) is 1.76. The highest BCUT2D eigenvalue weighted by molar-refractivity contribution is 5.45. The lowest BCUT2D eigenvalue weighted by Gasteiger charge is -2.25. The summed E-state index contributed by atoms with van der Waals surface area (Å²) in [4.78, 5) is 0. The van der Waals surface area contributed by atoms with Gasteiger partial charge in [0.05, 0.1) is 7.11 Å². The van der Waals surface area contributed by atoms with Gasteiger partial charge in [-0.2, -0.15) is 0 Å². The van der Waals surface area contributed by atoms with Crippen LogP contribution >= 0.6 is 0 Å². The Hall–Kier alpha value is -1.06. The molecule has 0 bridgehead atoms. The first-order valence-corrected chi connectivity index (χ1v) is 6.90. The maximum atomic E-state index is 5.52. The van der Waals surface area contributed by atoms with Crippen molar-refractivity contribution in [3.8, 4) is 5.75 Å². The Labute approximate surface area is 110 Å². The fourth-order valence-electron chi connectivity index (χ4n) is 2.57. The molecule has 2 N–H and O–H groups in total. The molecule has 18 heavy (non-hydrogen) atoms. The summed E-state index contributed by atoms with van der Waals surface area (Å²) in [6, 6.07) is 4.95. The number of hydrogen-bond acceptors (Lipinski definition) is 3. The van der Waals surface area contributed by atoms with Gasteiger partial charge in [0.15, 0.2) is 0 Å². The molecular weight excluding hydrogens is 224 g/mol. The Bertz CT molecular complexity index is 404. The van der Waals surface area contributed by atoms with Crippen LogP contribution in [0.5, 0.6) is 5.75 Å². The van der Waals surface area contributed by atoms with E-state index in [4.69, 9.17) is 4.74 Å². The lowest BCUT2D eigenvalue weighted by Crippen LogP contribution is -2.28. The third-order valence-electron chi connectivity index (χ3n) is 3.60. The number of benzene rings is 1. The molecule has 1 aliphatic rings. The Morgan fingerprint density at radius 1 is 1.44 bits per heavy atom. The maximum absolute atomic E-state index is 5.52. The Morgan fingerprint density at radius 2 is 2.28 bits per heavy atom. The molecule has 0 amide bonds. The summed E-state index contributed by atoms with van der Waals surface area (Å²) in [5.41, 5.74) is 4.13. The van der Waals surface area contributed by atoms with Crippen molar-refractivity contribution in [2.75, 3.05) is 20.2 Å². The largest absolute Gasteiger partial charge is 0.496 e. The topological polar surface area (TPSA) is 33.3 Å². The lowest BCUT2D eigenvalue weighted by atomic mass is 9.93. The molecular formula is C15H24N2O. The van der Waals surface area contributed by atoms with Gasteiger partial charge >= 0.3 is 0 Å². The van der Waals surface area contributed by atoms with E-state index in [9.17, 15) is 0 Å². The molecule has 3 heteroatoms. The second-order valence-corrected chi connectivity index (χ2v) is 4.97. The fraction of sp³-hybridized carbons (Fsp3) is 0.600. The highest BCUT2D eigenvalue weighted by Crippen LogP contribution is 2.30. The van der Waals surface area contributed by atoms with E-state index >= 15 is 0 Å². The number of methoxy groups -OCH3 is 1. The molecule has 0 saturated heterocycles. The highest BCUT2D eigenvalue weighted by atomic mass is 16.5. The molecule has 1 unspecified atom stereocenters. The van der Waals surface area contributed by atoms with E-state index in [1.807, 2.05) is 0 Å². The van der Waals surface area contributed by atoms with Crippen LogP contribution in [-0.4, -0.2) is 20.2 Å². The van der Waals surface area contributed by atoms with Gasteiger partial charge in [0.2, 0.25) is 0 Å². The third-order valence-corrected chi connectivity index (χ3v) is 3.60. The van der Waals surface area contributed by atoms with Crippen molar-refractivity contribution in [1.82, 2.24) is 10.6 Å². The first kappa shape index (κ1) is 13.4. The molecule has 2 rings (SSSR count). The summed E-state index contributed by atoms with van der Waals surface area (Å²) in [6.07, 6.45) is 2.28. The summed E-state index contributed by atoms with van der Waals surface area (Å²) in [5, 5.41) is 6.94. The predicted octanol–water partition coefficient (Wildman–Crippen LogP) is 2.40. The van der Waals surface area contributed by atoms with Gasteiger partial charge in [-0.1, -0.05) is 13.0 Å². The van der Waals surface area contributed by atoms with Crippen LogP contribution in [0.3, 0.4) is 0 Å². The number of fused-ring (bicyclic) bond motifs is 1. The lowest BCUT2D eigenvalue weighted by molar-refractivity contribution is 0.405. The van der Waals surface area contributed by atoms with Gasteiger partial charge in [-0.15, -0.1) is 0 Å². The first-order valence-electron chi connectivity index (χ1n) is 6.90. The van der Waals surface area contributed by atoms with E-state index in [-0.39, 0.29) is 0 Å². The molecule has 1 heterocycles. The van der Waals surface area contributed by atoms with E-state index in [2.05, 4.69) is 36.6 Å². The average molecular weight is 248 g/mol. The summed E-state index contributed by atoms with van der Waals surface area (Å²) >= 11 is 0. The van der Waals surface area contributed by atoms with E-state index in [1.54, 1.807) is 7.11 Å². The Balaban J connectivity index is 2.23. The second kappa shape index (κ2) is 6.21. The average Bonchev–Trinajstić information content (AvgIpc) is 2.39. The fourth-order valence-corrected chi connectivity index (χ4v) is 2.57. The van der Waals surface area contributed by atoms with Gasteiger partial charge in [-0.3, -0.25) is 0 Å². The standard InChI is InChI=1S/C15H24N2O/c1-4-6-16-10-13-8-12-5-7-17-11(2)14(12)9-15(13)18-3/h8-9,11,16-17H,4-7,10H2,1-3H3. The molecule has 0 radical (unpaired) electrons. The Kier molecular flexibility index (Phi) is 4.61. The van der Waals surface area contributed by atoms with Crippen molar-refractivity contribution >= 4 is 0 Å². The van der Waals surface area contributed by atoms with E-state index in [0.29, 0.717) is 6.04 Å². The molecule has 1 atom stereocenters. The van der Waals surface area contributed by atoms with Crippen LogP contribution in [0.2, 0.25) is 0 Å². The zero-order valence-electron chi connectivity index (χ0n) is 11.7. The number of rotatable bonds is 5. The van der Waals surface area contributed by atoms with Gasteiger partial charge in [-0.05, 0) is 50.0 Å². The minimum atomic E-state index is 0.431. The molecule has 1 aliphatic heterocycles. The number of hydrogen-bond donors (Lipinski definition) is 2. The number of nitrogens with one attached hydrogen (secondary N) is 2. The molecule has 0 saturated carbocycles. The van der Waals surface area contributed by atoms with E-state index in [0.717, 1.165) is 38.2 Å². The molecule has 1 aromatic carbocycles. The number of ether oxygens (including phenoxy) is 1. The quantitative estimate of drug-likeness (QED) is 0.785. The molecule has 0 spiro atoms. The van der Waals surface area contributed by atoms with Crippen LogP contribution in [-0.2, 0) is 13.0 Å². The maximum Gasteiger partial charge on any atom is 0.123 e. The Morgan fingerprint density at radius 3 is 3.00 bits per heavy atom. The summed E-state index contributed by atoms with van der Waals surface area (Å²) < 4.78 is 5.52. The highest BCUT2D eigenvalue weighted by Gasteiger charge is 2.18. The second-order valence-electron chi connectivity index (χ2n) is 4.97. The third kappa shape index (κ3) is 2.85. The predicted molar refractivity (Wildman–Crippen MR) is 75.1 cm³/mol. The van der Waals surface area contributed by atoms with Crippen LogP contribution in [0.4, 0.5) is 0 Å². The van der Waals surface area contributed by atoms with Gasteiger partial charge < -0.3 is 15.4 Å². The molecule has 0 aliphatic carbocycles. The van der Waals surface area contributed by atoms with Gasteiger partial charge in [0.1, 0.15) is 5.75 Å². The van der Waals surface area contributed by atoms with Crippen LogP contribution < -0.4 is 15.4 Å². The molecule has 0 fully saturated rings. The first-order chi connectivity index (χ1) is 8.76. The van der Waals surface area contributed by atoms with Crippen molar-refractivity contribution < 1.29 is 4.74 Å². The SMILES string of the molecule is CCCNCc1cc2c(cc1OC)C(C)NCC2. The van der Waals surface area contributed by atoms with Crippen LogP contribution in [0.15, 0.2) is 12.1 Å². The zero-order valence-corrected chi connectivity index (χ0v) is 11.7. The molecule has 100 valence electrons. The molecule has 0 aromatic heterocycles. The van der Waals surface area contributed by atoms with Crippen LogP contribution in [0.1, 0.15) is 43.0 Å². The monoisotopic (exact) mass is 248 g/mol. The van der Waals surface area contributed by atoms with Crippen molar-refractivity contribution in [2.24, 2.45) is 0 Å². The van der Waals surface area contributed by atoms with Gasteiger partial charge in [0, 0.05) is 18.2 Å². The molecule has 3 nitrogen and oxygen atoms in total. The van der Waals surface area contributed by atoms with Crippen LogP contribution in [0, 0.1) is 0 Å². The van der Waals surface area contributed by atoms with Crippen molar-refractivity contribution in [2.45, 2.75) is 39.3 Å². The zero-order chi connectivity index (χ0) is 13.0. The van der Waals surface area contributed by atoms with Crippen molar-refractivity contribution in [1.29, 1.82) is 0 Å².